The molecule has 0 aliphatic carbocycles. The molecule has 0 bridgehead atoms. The monoisotopic (exact) mass is 184 g/mol. The van der Waals surface area contributed by atoms with Gasteiger partial charge in [0.05, 0.1) is 6.61 Å². The number of rotatable bonds is 2. The van der Waals surface area contributed by atoms with Gasteiger partial charge in [-0.25, -0.2) is 4.79 Å². The highest BCUT2D eigenvalue weighted by molar-refractivity contribution is 6.08. The van der Waals surface area contributed by atoms with Crippen molar-refractivity contribution in [2.24, 2.45) is 0 Å². The van der Waals surface area contributed by atoms with Crippen molar-refractivity contribution in [1.29, 1.82) is 0 Å². The third-order valence-electron chi connectivity index (χ3n) is 2.35. The van der Waals surface area contributed by atoms with Crippen molar-refractivity contribution in [2.75, 3.05) is 39.2 Å². The number of carbonyl (C=O) groups excluding carboxylic acids is 1. The molecule has 0 aromatic heterocycles. The van der Waals surface area contributed by atoms with Gasteiger partial charge in [-0.1, -0.05) is 0 Å². The minimum Gasteiger partial charge on any atom is -0.450 e. The summed E-state index contributed by atoms with van der Waals surface area (Å²) in [5, 5.41) is 0. The molecule has 0 unspecified atom stereocenters. The van der Waals surface area contributed by atoms with Crippen LogP contribution in [0.1, 0.15) is 6.92 Å². The Hall–Kier alpha value is -0.705. The van der Waals surface area contributed by atoms with E-state index in [0.717, 1.165) is 32.6 Å². The highest BCUT2D eigenvalue weighted by Gasteiger charge is 2.20. The molecule has 0 saturated carbocycles. The van der Waals surface area contributed by atoms with Gasteiger partial charge in [-0.15, -0.1) is 0 Å². The summed E-state index contributed by atoms with van der Waals surface area (Å²) < 4.78 is 4.92. The van der Waals surface area contributed by atoms with Crippen molar-refractivity contribution in [3.8, 4) is 0 Å². The number of ether oxygens (including phenoxy) is 1. The summed E-state index contributed by atoms with van der Waals surface area (Å²) >= 11 is 0. The molecular formula is C8H17BN2O2. The Bertz CT molecular complexity index is 170. The molecule has 1 rings (SSSR count). The van der Waals surface area contributed by atoms with E-state index in [1.807, 2.05) is 6.92 Å². The Kier molecular flexibility index (Phi) is 4.08. The van der Waals surface area contributed by atoms with E-state index < -0.39 is 0 Å². The average Bonchev–Trinajstić information content (AvgIpc) is 2.18. The topological polar surface area (TPSA) is 32.8 Å². The van der Waals surface area contributed by atoms with Crippen LogP contribution in [0.3, 0.4) is 0 Å². The Morgan fingerprint density at radius 1 is 1.38 bits per heavy atom. The lowest BCUT2D eigenvalue weighted by Gasteiger charge is -2.33. The van der Waals surface area contributed by atoms with E-state index in [9.17, 15) is 4.79 Å². The number of hydrogen-bond acceptors (Lipinski definition) is 3. The maximum Gasteiger partial charge on any atom is 0.409 e. The van der Waals surface area contributed by atoms with E-state index in [1.165, 1.54) is 0 Å². The van der Waals surface area contributed by atoms with Crippen molar-refractivity contribution < 1.29 is 9.53 Å². The van der Waals surface area contributed by atoms with Gasteiger partial charge in [-0.2, -0.15) is 0 Å². The summed E-state index contributed by atoms with van der Waals surface area (Å²) in [6.45, 7) is 5.83. The standard InChI is InChI=1S/C8H17BN2O2/c1-2-13-8(12)11-5-3-10(7-9)4-6-11/h2-7,9H2,1H3. The predicted molar refractivity (Wildman–Crippen MR) is 53.6 cm³/mol. The molecule has 1 aliphatic rings. The van der Waals surface area contributed by atoms with Gasteiger partial charge < -0.3 is 14.5 Å². The molecular weight excluding hydrogens is 167 g/mol. The fourth-order valence-corrected chi connectivity index (χ4v) is 1.46. The average molecular weight is 184 g/mol. The normalized spacial score (nSPS) is 18.7. The van der Waals surface area contributed by atoms with E-state index in [1.54, 1.807) is 4.90 Å². The first-order chi connectivity index (χ1) is 6.27. The first-order valence-corrected chi connectivity index (χ1v) is 4.92. The first kappa shape index (κ1) is 10.4. The van der Waals surface area contributed by atoms with Crippen molar-refractivity contribution in [3.63, 3.8) is 0 Å². The van der Waals surface area contributed by atoms with Crippen LogP contribution < -0.4 is 0 Å². The number of hydrogen-bond donors (Lipinski definition) is 0. The highest BCUT2D eigenvalue weighted by atomic mass is 16.6. The molecule has 0 aromatic rings. The van der Waals surface area contributed by atoms with Crippen LogP contribution in [-0.2, 0) is 4.74 Å². The third kappa shape index (κ3) is 2.92. The van der Waals surface area contributed by atoms with Crippen molar-refractivity contribution in [2.45, 2.75) is 6.92 Å². The summed E-state index contributed by atoms with van der Waals surface area (Å²) in [5.41, 5.74) is 0. The van der Waals surface area contributed by atoms with Crippen LogP contribution in [0.2, 0.25) is 0 Å². The summed E-state index contributed by atoms with van der Waals surface area (Å²) in [6.07, 6.45) is 0.898. The molecule has 4 nitrogen and oxygen atoms in total. The number of piperazine rings is 1. The molecule has 74 valence electrons. The van der Waals surface area contributed by atoms with Crippen molar-refractivity contribution in [1.82, 2.24) is 9.80 Å². The maximum absolute atomic E-state index is 11.3. The molecule has 0 radical (unpaired) electrons. The second-order valence-electron chi connectivity index (χ2n) is 3.12. The summed E-state index contributed by atoms with van der Waals surface area (Å²) in [4.78, 5) is 15.4. The van der Waals surface area contributed by atoms with Gasteiger partial charge in [0.2, 0.25) is 0 Å². The second kappa shape index (κ2) is 5.12. The number of nitrogens with zero attached hydrogens (tertiary/aromatic N) is 2. The molecule has 1 amide bonds. The molecule has 0 aromatic carbocycles. The SMILES string of the molecule is BCN1CCN(C(=O)OCC)CC1. The lowest BCUT2D eigenvalue weighted by atomic mass is 10.1. The van der Waals surface area contributed by atoms with Crippen LogP contribution in [0.15, 0.2) is 0 Å². The van der Waals surface area contributed by atoms with Gasteiger partial charge in [-0.05, 0) is 13.4 Å². The Morgan fingerprint density at radius 3 is 2.46 bits per heavy atom. The van der Waals surface area contributed by atoms with Crippen molar-refractivity contribution >= 4 is 13.9 Å². The van der Waals surface area contributed by atoms with E-state index >= 15 is 0 Å². The largest absolute Gasteiger partial charge is 0.450 e. The van der Waals surface area contributed by atoms with Gasteiger partial charge in [0.1, 0.15) is 7.85 Å². The van der Waals surface area contributed by atoms with E-state index in [-0.39, 0.29) is 6.09 Å². The molecule has 0 atom stereocenters. The molecule has 5 heteroatoms. The van der Waals surface area contributed by atoms with Gasteiger partial charge >= 0.3 is 6.09 Å². The minimum atomic E-state index is -0.168. The Balaban J connectivity index is 2.28. The van der Waals surface area contributed by atoms with Crippen LogP contribution in [0, 0.1) is 0 Å². The van der Waals surface area contributed by atoms with Crippen LogP contribution in [0.25, 0.3) is 0 Å². The second-order valence-corrected chi connectivity index (χ2v) is 3.12. The van der Waals surface area contributed by atoms with Gasteiger partial charge in [0.25, 0.3) is 0 Å². The Morgan fingerprint density at radius 2 is 2.00 bits per heavy atom. The molecule has 0 spiro atoms. The summed E-state index contributed by atoms with van der Waals surface area (Å²) in [7, 11) is 2.14. The first-order valence-electron chi connectivity index (χ1n) is 4.92. The quantitative estimate of drug-likeness (QED) is 0.534. The van der Waals surface area contributed by atoms with Gasteiger partial charge in [-0.3, -0.25) is 0 Å². The zero-order chi connectivity index (χ0) is 9.68. The molecule has 1 aliphatic heterocycles. The minimum absolute atomic E-state index is 0.168. The third-order valence-corrected chi connectivity index (χ3v) is 2.35. The lowest BCUT2D eigenvalue weighted by molar-refractivity contribution is 0.0840. The molecule has 1 heterocycles. The van der Waals surface area contributed by atoms with Crippen LogP contribution in [-0.4, -0.2) is 63.0 Å². The zero-order valence-corrected chi connectivity index (χ0v) is 8.45. The van der Waals surface area contributed by atoms with E-state index in [2.05, 4.69) is 12.7 Å². The molecule has 13 heavy (non-hydrogen) atoms. The lowest BCUT2D eigenvalue weighted by Crippen LogP contribution is -2.49. The molecule has 0 N–H and O–H groups in total. The summed E-state index contributed by atoms with van der Waals surface area (Å²) in [6, 6.07) is 0. The zero-order valence-electron chi connectivity index (χ0n) is 8.45. The summed E-state index contributed by atoms with van der Waals surface area (Å²) in [5.74, 6) is 0. The number of carbonyl (C=O) groups is 1. The van der Waals surface area contributed by atoms with E-state index in [0.29, 0.717) is 6.61 Å². The smallest absolute Gasteiger partial charge is 0.409 e. The van der Waals surface area contributed by atoms with Crippen LogP contribution in [0.5, 0.6) is 0 Å². The van der Waals surface area contributed by atoms with E-state index in [4.69, 9.17) is 4.74 Å². The molecule has 1 fully saturated rings. The Labute approximate surface area is 80.2 Å². The highest BCUT2D eigenvalue weighted by Crippen LogP contribution is 2.02. The maximum atomic E-state index is 11.3. The number of amides is 1. The van der Waals surface area contributed by atoms with Crippen LogP contribution >= 0.6 is 0 Å². The fourth-order valence-electron chi connectivity index (χ4n) is 1.46. The fraction of sp³-hybridized carbons (Fsp3) is 0.875. The van der Waals surface area contributed by atoms with Gasteiger partial charge in [0.15, 0.2) is 0 Å². The van der Waals surface area contributed by atoms with Crippen molar-refractivity contribution in [3.05, 3.63) is 0 Å². The van der Waals surface area contributed by atoms with Crippen LogP contribution in [0.4, 0.5) is 4.79 Å². The van der Waals surface area contributed by atoms with Gasteiger partial charge in [0, 0.05) is 26.2 Å². The molecule has 1 saturated heterocycles. The predicted octanol–water partition coefficient (Wildman–Crippen LogP) is -0.649.